The number of nitrogens with zero attached hydrogens (tertiary/aromatic N) is 4. The van der Waals surface area contributed by atoms with E-state index in [-0.39, 0.29) is 6.04 Å². The van der Waals surface area contributed by atoms with Crippen LogP contribution < -0.4 is 0 Å². The molecule has 20 heavy (non-hydrogen) atoms. The van der Waals surface area contributed by atoms with Gasteiger partial charge in [-0.3, -0.25) is 14.6 Å². The van der Waals surface area contributed by atoms with Gasteiger partial charge in [-0.1, -0.05) is 0 Å². The second-order valence-electron chi connectivity index (χ2n) is 5.67. The first kappa shape index (κ1) is 14.0. The van der Waals surface area contributed by atoms with Crippen molar-refractivity contribution in [1.29, 1.82) is 0 Å². The molecule has 1 amide bonds. The van der Waals surface area contributed by atoms with E-state index in [1.165, 1.54) is 5.01 Å². The number of piperazine rings is 1. The molecule has 3 rings (SSSR count). The molecule has 1 aromatic heterocycles. The Morgan fingerprint density at radius 3 is 2.75 bits per heavy atom. The van der Waals surface area contributed by atoms with E-state index in [2.05, 4.69) is 21.8 Å². The molecule has 0 aliphatic carbocycles. The largest absolute Gasteiger partial charge is 0.339 e. The van der Waals surface area contributed by atoms with Crippen molar-refractivity contribution in [3.05, 3.63) is 16.6 Å². The van der Waals surface area contributed by atoms with E-state index < -0.39 is 0 Å². The first-order valence-corrected chi connectivity index (χ1v) is 8.22. The van der Waals surface area contributed by atoms with Gasteiger partial charge < -0.3 is 4.90 Å². The van der Waals surface area contributed by atoms with Gasteiger partial charge in [-0.15, -0.1) is 11.3 Å². The predicted octanol–water partition coefficient (Wildman–Crippen LogP) is 0.881. The molecule has 6 heteroatoms. The topological polar surface area (TPSA) is 39.7 Å². The zero-order valence-corrected chi connectivity index (χ0v) is 12.8. The number of likely N-dealkylation sites (tertiary alicyclic amines) is 1. The van der Waals surface area contributed by atoms with Crippen molar-refractivity contribution in [1.82, 2.24) is 19.7 Å². The summed E-state index contributed by atoms with van der Waals surface area (Å²) in [7, 11) is 2.06. The Bertz CT molecular complexity index is 442. The first-order valence-electron chi connectivity index (χ1n) is 7.34. The van der Waals surface area contributed by atoms with Gasteiger partial charge in [-0.2, -0.15) is 0 Å². The lowest BCUT2D eigenvalue weighted by Crippen LogP contribution is -2.52. The molecule has 0 aromatic carbocycles. The molecule has 0 radical (unpaired) electrons. The van der Waals surface area contributed by atoms with Gasteiger partial charge >= 0.3 is 0 Å². The monoisotopic (exact) mass is 294 g/mol. The number of carbonyl (C=O) groups excluding carboxylic acids is 1. The maximum Gasteiger partial charge on any atom is 0.240 e. The van der Waals surface area contributed by atoms with Gasteiger partial charge in [-0.05, 0) is 26.4 Å². The SMILES string of the molecule is CN1CCCC1C(=O)N1CCN(Cc2nccs2)CC1. The fraction of sp³-hybridized carbons (Fsp3) is 0.714. The summed E-state index contributed by atoms with van der Waals surface area (Å²) in [6.07, 6.45) is 4.03. The van der Waals surface area contributed by atoms with Crippen molar-refractivity contribution in [2.24, 2.45) is 0 Å². The molecule has 2 aliphatic heterocycles. The van der Waals surface area contributed by atoms with E-state index in [4.69, 9.17) is 0 Å². The summed E-state index contributed by atoms with van der Waals surface area (Å²) < 4.78 is 0. The first-order chi connectivity index (χ1) is 9.74. The van der Waals surface area contributed by atoms with Crippen molar-refractivity contribution in [2.75, 3.05) is 39.8 Å². The molecule has 1 unspecified atom stereocenters. The molecule has 5 nitrogen and oxygen atoms in total. The molecule has 110 valence electrons. The molecular weight excluding hydrogens is 272 g/mol. The molecule has 0 saturated carbocycles. The minimum absolute atomic E-state index is 0.125. The highest BCUT2D eigenvalue weighted by Gasteiger charge is 2.32. The minimum Gasteiger partial charge on any atom is -0.339 e. The number of likely N-dealkylation sites (N-methyl/N-ethyl adjacent to an activating group) is 1. The molecule has 2 aliphatic rings. The Labute approximate surface area is 124 Å². The normalized spacial score (nSPS) is 25.2. The van der Waals surface area contributed by atoms with E-state index >= 15 is 0 Å². The lowest BCUT2D eigenvalue weighted by Gasteiger charge is -2.36. The van der Waals surface area contributed by atoms with E-state index in [0.29, 0.717) is 5.91 Å². The second-order valence-corrected chi connectivity index (χ2v) is 6.65. The summed E-state index contributed by atoms with van der Waals surface area (Å²) in [5, 5.41) is 3.19. The molecule has 1 atom stereocenters. The maximum absolute atomic E-state index is 12.5. The van der Waals surface area contributed by atoms with Crippen molar-refractivity contribution in [3.8, 4) is 0 Å². The van der Waals surface area contributed by atoms with Crippen molar-refractivity contribution in [2.45, 2.75) is 25.4 Å². The lowest BCUT2D eigenvalue weighted by atomic mass is 10.1. The molecule has 3 heterocycles. The van der Waals surface area contributed by atoms with Crippen molar-refractivity contribution < 1.29 is 4.79 Å². The standard InChI is InChI=1S/C14H22N4OS/c1-16-5-2-3-12(16)14(19)18-8-6-17(7-9-18)11-13-15-4-10-20-13/h4,10,12H,2-3,5-9,11H2,1H3. The Balaban J connectivity index is 1.49. The summed E-state index contributed by atoms with van der Waals surface area (Å²) in [6.45, 7) is 5.61. The molecule has 0 spiro atoms. The van der Waals surface area contributed by atoms with Crippen LogP contribution in [0.5, 0.6) is 0 Å². The number of aromatic nitrogens is 1. The van der Waals surface area contributed by atoms with Crippen LogP contribution in [0.4, 0.5) is 0 Å². The number of amides is 1. The smallest absolute Gasteiger partial charge is 0.240 e. The predicted molar refractivity (Wildman–Crippen MR) is 79.6 cm³/mol. The number of hydrogen-bond acceptors (Lipinski definition) is 5. The fourth-order valence-corrected chi connectivity index (χ4v) is 3.74. The Morgan fingerprint density at radius 2 is 2.15 bits per heavy atom. The van der Waals surface area contributed by atoms with Crippen LogP contribution in [-0.4, -0.2) is 71.4 Å². The van der Waals surface area contributed by atoms with E-state index in [1.807, 2.05) is 16.5 Å². The van der Waals surface area contributed by atoms with Crippen LogP contribution in [0.3, 0.4) is 0 Å². The molecule has 2 fully saturated rings. The maximum atomic E-state index is 12.5. The summed E-state index contributed by atoms with van der Waals surface area (Å²) in [6, 6.07) is 0.125. The van der Waals surface area contributed by atoms with E-state index in [0.717, 1.165) is 52.1 Å². The highest BCUT2D eigenvalue weighted by atomic mass is 32.1. The summed E-state index contributed by atoms with van der Waals surface area (Å²) in [5.41, 5.74) is 0. The van der Waals surface area contributed by atoms with Gasteiger partial charge in [0.2, 0.25) is 5.91 Å². The molecule has 2 saturated heterocycles. The second kappa shape index (κ2) is 6.20. The van der Waals surface area contributed by atoms with Gasteiger partial charge in [0, 0.05) is 37.8 Å². The molecular formula is C14H22N4OS. The highest BCUT2D eigenvalue weighted by Crippen LogP contribution is 2.18. The van der Waals surface area contributed by atoms with Gasteiger partial charge in [-0.25, -0.2) is 4.98 Å². The summed E-state index contributed by atoms with van der Waals surface area (Å²) >= 11 is 1.70. The van der Waals surface area contributed by atoms with Crippen LogP contribution >= 0.6 is 11.3 Å². The van der Waals surface area contributed by atoms with Crippen molar-refractivity contribution >= 4 is 17.2 Å². The number of thiazole rings is 1. The summed E-state index contributed by atoms with van der Waals surface area (Å²) in [5.74, 6) is 0.332. The molecule has 1 aromatic rings. The van der Waals surface area contributed by atoms with Crippen LogP contribution in [0.25, 0.3) is 0 Å². The zero-order valence-electron chi connectivity index (χ0n) is 12.0. The number of hydrogen-bond donors (Lipinski definition) is 0. The Morgan fingerprint density at radius 1 is 1.35 bits per heavy atom. The van der Waals surface area contributed by atoms with Gasteiger partial charge in [0.15, 0.2) is 0 Å². The fourth-order valence-electron chi connectivity index (χ4n) is 3.08. The highest BCUT2D eigenvalue weighted by molar-refractivity contribution is 7.09. The van der Waals surface area contributed by atoms with Crippen LogP contribution in [0.1, 0.15) is 17.8 Å². The minimum atomic E-state index is 0.125. The van der Waals surface area contributed by atoms with Crippen LogP contribution in [0.15, 0.2) is 11.6 Å². The number of carbonyl (C=O) groups is 1. The average Bonchev–Trinajstić information content (AvgIpc) is 3.10. The quantitative estimate of drug-likeness (QED) is 0.830. The molecule has 0 N–H and O–H groups in total. The van der Waals surface area contributed by atoms with Crippen LogP contribution in [-0.2, 0) is 11.3 Å². The van der Waals surface area contributed by atoms with E-state index in [9.17, 15) is 4.79 Å². The van der Waals surface area contributed by atoms with Gasteiger partial charge in [0.25, 0.3) is 0 Å². The number of rotatable bonds is 3. The van der Waals surface area contributed by atoms with Gasteiger partial charge in [0.05, 0.1) is 12.6 Å². The Kier molecular flexibility index (Phi) is 4.33. The third-order valence-corrected chi connectivity index (χ3v) is 5.10. The molecule has 0 bridgehead atoms. The summed E-state index contributed by atoms with van der Waals surface area (Å²) in [4.78, 5) is 23.5. The lowest BCUT2D eigenvalue weighted by molar-refractivity contribution is -0.137. The van der Waals surface area contributed by atoms with Crippen molar-refractivity contribution in [3.63, 3.8) is 0 Å². The van der Waals surface area contributed by atoms with E-state index in [1.54, 1.807) is 11.3 Å². The van der Waals surface area contributed by atoms with Crippen LogP contribution in [0.2, 0.25) is 0 Å². The third-order valence-electron chi connectivity index (χ3n) is 4.33. The zero-order chi connectivity index (χ0) is 13.9. The van der Waals surface area contributed by atoms with Crippen LogP contribution in [0, 0.1) is 0 Å². The Hall–Kier alpha value is -0.980. The van der Waals surface area contributed by atoms with Gasteiger partial charge in [0.1, 0.15) is 5.01 Å². The third kappa shape index (κ3) is 3.02. The average molecular weight is 294 g/mol.